The Morgan fingerprint density at radius 3 is 3.00 bits per heavy atom. The van der Waals surface area contributed by atoms with Gasteiger partial charge in [0, 0.05) is 0 Å². The summed E-state index contributed by atoms with van der Waals surface area (Å²) in [6, 6.07) is 7.94. The summed E-state index contributed by atoms with van der Waals surface area (Å²) >= 11 is 0. The smallest absolute Gasteiger partial charge is 0.295 e. The molecule has 74 valence electrons. The van der Waals surface area contributed by atoms with Gasteiger partial charge in [0.2, 0.25) is 0 Å². The first-order valence-electron chi connectivity index (χ1n) is 4.52. The lowest BCUT2D eigenvalue weighted by molar-refractivity contribution is 0.279. The molecule has 0 saturated carbocycles. The van der Waals surface area contributed by atoms with E-state index in [4.69, 9.17) is 9.52 Å². The summed E-state index contributed by atoms with van der Waals surface area (Å²) in [6.45, 7) is 1.91. The summed E-state index contributed by atoms with van der Waals surface area (Å²) in [4.78, 5) is 4.21. The minimum Gasteiger partial charge on any atom is -0.424 e. The highest BCUT2D eigenvalue weighted by Gasteiger charge is 2.06. The van der Waals surface area contributed by atoms with Gasteiger partial charge in [0.05, 0.1) is 12.6 Å². The Hall–Kier alpha value is -1.55. The predicted molar refractivity (Wildman–Crippen MR) is 54.2 cm³/mol. The average Bonchev–Trinajstić information content (AvgIpc) is 2.59. The highest BCUT2D eigenvalue weighted by atomic mass is 16.4. The topological polar surface area (TPSA) is 58.3 Å². The van der Waals surface area contributed by atoms with Crippen molar-refractivity contribution < 1.29 is 9.52 Å². The molecule has 0 aliphatic heterocycles. The highest BCUT2D eigenvalue weighted by molar-refractivity contribution is 5.74. The maximum atomic E-state index is 8.84. The van der Waals surface area contributed by atoms with Gasteiger partial charge >= 0.3 is 0 Å². The van der Waals surface area contributed by atoms with Crippen LogP contribution in [0.15, 0.2) is 28.7 Å². The van der Waals surface area contributed by atoms with E-state index in [2.05, 4.69) is 10.3 Å². The van der Waals surface area contributed by atoms with Crippen molar-refractivity contribution in [2.45, 2.75) is 13.0 Å². The lowest BCUT2D eigenvalue weighted by atomic mass is 10.3. The van der Waals surface area contributed by atoms with Crippen LogP contribution in [0.3, 0.4) is 0 Å². The molecule has 1 heterocycles. The third-order valence-electron chi connectivity index (χ3n) is 1.94. The number of nitrogens with one attached hydrogen (secondary N) is 1. The van der Waals surface area contributed by atoms with Gasteiger partial charge in [-0.3, -0.25) is 0 Å². The fourth-order valence-corrected chi connectivity index (χ4v) is 1.19. The second-order valence-electron chi connectivity index (χ2n) is 3.21. The average molecular weight is 192 g/mol. The summed E-state index contributed by atoms with van der Waals surface area (Å²) in [5.74, 6) is 0. The second-order valence-corrected chi connectivity index (χ2v) is 3.21. The van der Waals surface area contributed by atoms with E-state index < -0.39 is 0 Å². The number of oxazole rings is 1. The third-order valence-corrected chi connectivity index (χ3v) is 1.94. The van der Waals surface area contributed by atoms with E-state index in [0.717, 1.165) is 11.1 Å². The number of hydrogen-bond donors (Lipinski definition) is 2. The molecule has 0 radical (unpaired) electrons. The van der Waals surface area contributed by atoms with Gasteiger partial charge in [0.25, 0.3) is 6.01 Å². The summed E-state index contributed by atoms with van der Waals surface area (Å²) < 4.78 is 5.41. The van der Waals surface area contributed by atoms with Crippen molar-refractivity contribution in [3.63, 3.8) is 0 Å². The number of aliphatic hydroxyl groups excluding tert-OH is 1. The van der Waals surface area contributed by atoms with Gasteiger partial charge in [-0.25, -0.2) is 0 Å². The minimum atomic E-state index is -0.0527. The minimum absolute atomic E-state index is 0.0527. The standard InChI is InChI=1S/C10H12N2O2/c1-7(6-13)11-10-12-8-4-2-3-5-9(8)14-10/h2-5,7,13H,6H2,1H3,(H,11,12). The zero-order chi connectivity index (χ0) is 9.97. The summed E-state index contributed by atoms with van der Waals surface area (Å²) in [6.07, 6.45) is 0. The molecule has 2 aromatic rings. The largest absolute Gasteiger partial charge is 0.424 e. The molecule has 1 aromatic heterocycles. The zero-order valence-corrected chi connectivity index (χ0v) is 7.90. The summed E-state index contributed by atoms with van der Waals surface area (Å²) in [7, 11) is 0. The van der Waals surface area contributed by atoms with E-state index in [1.54, 1.807) is 0 Å². The number of hydrogen-bond acceptors (Lipinski definition) is 4. The van der Waals surface area contributed by atoms with Crippen LogP contribution in [-0.4, -0.2) is 22.7 Å². The molecule has 1 aromatic carbocycles. The molecule has 0 aliphatic rings. The lowest BCUT2D eigenvalue weighted by Gasteiger charge is -2.06. The normalized spacial score (nSPS) is 13.0. The molecule has 4 nitrogen and oxygen atoms in total. The molecule has 14 heavy (non-hydrogen) atoms. The van der Waals surface area contributed by atoms with E-state index in [1.807, 2.05) is 31.2 Å². The molecule has 0 spiro atoms. The molecular weight excluding hydrogens is 180 g/mol. The molecule has 0 amide bonds. The zero-order valence-electron chi connectivity index (χ0n) is 7.90. The number of nitrogens with zero attached hydrogens (tertiary/aromatic N) is 1. The second kappa shape index (κ2) is 3.67. The molecule has 0 bridgehead atoms. The van der Waals surface area contributed by atoms with Crippen LogP contribution in [0.4, 0.5) is 6.01 Å². The number of fused-ring (bicyclic) bond motifs is 1. The van der Waals surface area contributed by atoms with Crippen molar-refractivity contribution in [1.29, 1.82) is 0 Å². The first-order chi connectivity index (χ1) is 6.79. The monoisotopic (exact) mass is 192 g/mol. The molecule has 1 atom stereocenters. The SMILES string of the molecule is CC(CO)Nc1nc2ccccc2o1. The van der Waals surface area contributed by atoms with Crippen molar-refractivity contribution in [2.24, 2.45) is 0 Å². The van der Waals surface area contributed by atoms with Crippen molar-refractivity contribution in [1.82, 2.24) is 4.98 Å². The van der Waals surface area contributed by atoms with Gasteiger partial charge in [-0.2, -0.15) is 4.98 Å². The number of para-hydroxylation sites is 2. The highest BCUT2D eigenvalue weighted by Crippen LogP contribution is 2.18. The van der Waals surface area contributed by atoms with Crippen molar-refractivity contribution >= 4 is 17.1 Å². The van der Waals surface area contributed by atoms with Gasteiger partial charge in [-0.1, -0.05) is 12.1 Å². The van der Waals surface area contributed by atoms with E-state index in [1.165, 1.54) is 0 Å². The van der Waals surface area contributed by atoms with E-state index >= 15 is 0 Å². The van der Waals surface area contributed by atoms with Gasteiger partial charge < -0.3 is 14.8 Å². The van der Waals surface area contributed by atoms with Gasteiger partial charge in [0.15, 0.2) is 5.58 Å². The fourth-order valence-electron chi connectivity index (χ4n) is 1.19. The van der Waals surface area contributed by atoms with Crippen LogP contribution in [0.5, 0.6) is 0 Å². The Kier molecular flexibility index (Phi) is 2.37. The van der Waals surface area contributed by atoms with Crippen molar-refractivity contribution in [2.75, 3.05) is 11.9 Å². The van der Waals surface area contributed by atoms with E-state index in [-0.39, 0.29) is 12.6 Å². The van der Waals surface area contributed by atoms with Crippen molar-refractivity contribution in [3.05, 3.63) is 24.3 Å². The van der Waals surface area contributed by atoms with Gasteiger partial charge in [0.1, 0.15) is 5.52 Å². The lowest BCUT2D eigenvalue weighted by Crippen LogP contribution is -2.19. The number of aromatic nitrogens is 1. The molecular formula is C10H12N2O2. The van der Waals surface area contributed by atoms with Crippen LogP contribution in [0.2, 0.25) is 0 Å². The predicted octanol–water partition coefficient (Wildman–Crippen LogP) is 1.62. The fraction of sp³-hybridized carbons (Fsp3) is 0.300. The molecule has 0 saturated heterocycles. The summed E-state index contributed by atoms with van der Waals surface area (Å²) in [5.41, 5.74) is 1.57. The quantitative estimate of drug-likeness (QED) is 0.775. The van der Waals surface area contributed by atoms with Crippen LogP contribution in [0, 0.1) is 0 Å². The number of rotatable bonds is 3. The molecule has 2 rings (SSSR count). The van der Waals surface area contributed by atoms with Crippen LogP contribution in [0.25, 0.3) is 11.1 Å². The Morgan fingerprint density at radius 1 is 1.50 bits per heavy atom. The molecule has 2 N–H and O–H groups in total. The van der Waals surface area contributed by atoms with E-state index in [9.17, 15) is 0 Å². The van der Waals surface area contributed by atoms with E-state index in [0.29, 0.717) is 6.01 Å². The number of aliphatic hydroxyl groups is 1. The Balaban J connectivity index is 2.27. The van der Waals surface area contributed by atoms with Crippen LogP contribution < -0.4 is 5.32 Å². The Morgan fingerprint density at radius 2 is 2.29 bits per heavy atom. The number of anilines is 1. The molecule has 1 unspecified atom stereocenters. The van der Waals surface area contributed by atoms with Gasteiger partial charge in [-0.15, -0.1) is 0 Å². The maximum absolute atomic E-state index is 8.84. The van der Waals surface area contributed by atoms with Gasteiger partial charge in [-0.05, 0) is 19.1 Å². The third kappa shape index (κ3) is 1.70. The Bertz CT molecular complexity index is 392. The molecule has 0 aliphatic carbocycles. The van der Waals surface area contributed by atoms with Crippen LogP contribution in [0.1, 0.15) is 6.92 Å². The molecule has 4 heteroatoms. The first kappa shape index (κ1) is 9.02. The van der Waals surface area contributed by atoms with Crippen LogP contribution in [-0.2, 0) is 0 Å². The Labute approximate surface area is 81.6 Å². The van der Waals surface area contributed by atoms with Crippen LogP contribution >= 0.6 is 0 Å². The number of benzene rings is 1. The maximum Gasteiger partial charge on any atom is 0.295 e. The summed E-state index contributed by atoms with van der Waals surface area (Å²) in [5, 5.41) is 11.8. The molecule has 0 fully saturated rings. The van der Waals surface area contributed by atoms with Crippen molar-refractivity contribution in [3.8, 4) is 0 Å². The first-order valence-corrected chi connectivity index (χ1v) is 4.52.